The van der Waals surface area contributed by atoms with E-state index in [2.05, 4.69) is 19.8 Å². The number of carboxylic acid groups (broad SMARTS) is 1. The second-order valence-electron chi connectivity index (χ2n) is 5.29. The van der Waals surface area contributed by atoms with Crippen molar-refractivity contribution in [2.45, 2.75) is 25.3 Å². The molecule has 0 saturated heterocycles. The zero-order valence-corrected chi connectivity index (χ0v) is 12.4. The van der Waals surface area contributed by atoms with Crippen LogP contribution >= 0.6 is 0 Å². The summed E-state index contributed by atoms with van der Waals surface area (Å²) in [5.41, 5.74) is 1.38. The lowest BCUT2D eigenvalue weighted by Crippen LogP contribution is -2.38. The van der Waals surface area contributed by atoms with E-state index in [0.29, 0.717) is 5.56 Å². The molecule has 0 aliphatic carbocycles. The lowest BCUT2D eigenvalue weighted by atomic mass is 10.1. The van der Waals surface area contributed by atoms with E-state index in [1.807, 2.05) is 0 Å². The molecule has 0 spiro atoms. The van der Waals surface area contributed by atoms with E-state index in [9.17, 15) is 18.7 Å². The van der Waals surface area contributed by atoms with Crippen LogP contribution in [-0.4, -0.2) is 28.4 Å². The third-order valence-corrected chi connectivity index (χ3v) is 3.48. The number of aliphatic carboxylic acids is 1. The SMILES string of the molecule is O=C(O)C(Cc1cccnc1)NCc1ccc2c(c1)OC(F)(F)O2. The topological polar surface area (TPSA) is 80.7 Å². The van der Waals surface area contributed by atoms with Crippen LogP contribution in [0.4, 0.5) is 8.78 Å². The summed E-state index contributed by atoms with van der Waals surface area (Å²) in [5, 5.41) is 12.2. The summed E-state index contributed by atoms with van der Waals surface area (Å²) in [4.78, 5) is 15.3. The predicted octanol–water partition coefficient (Wildman–Crippen LogP) is 2.19. The van der Waals surface area contributed by atoms with Gasteiger partial charge in [0.1, 0.15) is 6.04 Å². The van der Waals surface area contributed by atoms with Crippen molar-refractivity contribution in [1.82, 2.24) is 10.3 Å². The van der Waals surface area contributed by atoms with Crippen LogP contribution in [0.25, 0.3) is 0 Å². The molecule has 1 aromatic heterocycles. The molecule has 6 nitrogen and oxygen atoms in total. The molecule has 1 unspecified atom stereocenters. The molecule has 0 bridgehead atoms. The Labute approximate surface area is 136 Å². The number of nitrogens with one attached hydrogen (secondary N) is 1. The first-order valence-electron chi connectivity index (χ1n) is 7.17. The number of hydrogen-bond donors (Lipinski definition) is 2. The van der Waals surface area contributed by atoms with Gasteiger partial charge in [0.25, 0.3) is 0 Å². The average molecular weight is 336 g/mol. The Hall–Kier alpha value is -2.74. The second-order valence-corrected chi connectivity index (χ2v) is 5.29. The molecule has 2 aromatic rings. The Bertz CT molecular complexity index is 740. The highest BCUT2D eigenvalue weighted by Crippen LogP contribution is 2.41. The summed E-state index contributed by atoms with van der Waals surface area (Å²) < 4.78 is 34.7. The van der Waals surface area contributed by atoms with Crippen LogP contribution in [0.5, 0.6) is 11.5 Å². The molecule has 1 atom stereocenters. The zero-order valence-electron chi connectivity index (χ0n) is 12.4. The molecular formula is C16H14F2N2O4. The molecule has 0 saturated carbocycles. The molecule has 8 heteroatoms. The van der Waals surface area contributed by atoms with Crippen LogP contribution in [0.1, 0.15) is 11.1 Å². The minimum absolute atomic E-state index is 0.0473. The first-order chi connectivity index (χ1) is 11.4. The molecule has 1 aliphatic rings. The maximum atomic E-state index is 13.0. The molecule has 2 N–H and O–H groups in total. The summed E-state index contributed by atoms with van der Waals surface area (Å²) in [6.45, 7) is 0.180. The highest BCUT2D eigenvalue weighted by atomic mass is 19.3. The highest BCUT2D eigenvalue weighted by molar-refractivity contribution is 5.73. The van der Waals surface area contributed by atoms with E-state index in [0.717, 1.165) is 5.56 Å². The molecule has 24 heavy (non-hydrogen) atoms. The number of nitrogens with zero attached hydrogens (tertiary/aromatic N) is 1. The van der Waals surface area contributed by atoms with Gasteiger partial charge in [-0.25, -0.2) is 0 Å². The maximum absolute atomic E-state index is 13.0. The van der Waals surface area contributed by atoms with E-state index >= 15 is 0 Å². The number of halogens is 2. The van der Waals surface area contributed by atoms with Crippen molar-refractivity contribution in [2.24, 2.45) is 0 Å². The average Bonchev–Trinajstić information content (AvgIpc) is 2.85. The Kier molecular flexibility index (Phi) is 4.30. The van der Waals surface area contributed by atoms with Crippen molar-refractivity contribution in [2.75, 3.05) is 0 Å². The quantitative estimate of drug-likeness (QED) is 0.842. The van der Waals surface area contributed by atoms with Crippen molar-refractivity contribution in [3.63, 3.8) is 0 Å². The maximum Gasteiger partial charge on any atom is 0.586 e. The number of ether oxygens (including phenoxy) is 2. The van der Waals surface area contributed by atoms with Crippen LogP contribution in [0.3, 0.4) is 0 Å². The first kappa shape index (κ1) is 16.1. The minimum Gasteiger partial charge on any atom is -0.480 e. The third-order valence-electron chi connectivity index (χ3n) is 3.48. The number of carboxylic acids is 1. The number of hydrogen-bond acceptors (Lipinski definition) is 5. The van der Waals surface area contributed by atoms with Gasteiger partial charge in [0, 0.05) is 18.9 Å². The van der Waals surface area contributed by atoms with Crippen molar-refractivity contribution < 1.29 is 28.2 Å². The van der Waals surface area contributed by atoms with Gasteiger partial charge in [-0.2, -0.15) is 0 Å². The van der Waals surface area contributed by atoms with Gasteiger partial charge in [0.05, 0.1) is 0 Å². The van der Waals surface area contributed by atoms with Gasteiger partial charge >= 0.3 is 12.3 Å². The van der Waals surface area contributed by atoms with E-state index in [-0.39, 0.29) is 24.5 Å². The Balaban J connectivity index is 1.64. The smallest absolute Gasteiger partial charge is 0.480 e. The number of rotatable bonds is 6. The summed E-state index contributed by atoms with van der Waals surface area (Å²) in [5.74, 6) is -1.13. The largest absolute Gasteiger partial charge is 0.586 e. The Morgan fingerprint density at radius 3 is 2.75 bits per heavy atom. The Morgan fingerprint density at radius 2 is 2.04 bits per heavy atom. The molecule has 1 aliphatic heterocycles. The van der Waals surface area contributed by atoms with Gasteiger partial charge in [-0.3, -0.25) is 9.78 Å². The van der Waals surface area contributed by atoms with Gasteiger partial charge < -0.3 is 19.9 Å². The van der Waals surface area contributed by atoms with Crippen LogP contribution in [0, 0.1) is 0 Å². The number of fused-ring (bicyclic) bond motifs is 1. The predicted molar refractivity (Wildman–Crippen MR) is 78.8 cm³/mol. The van der Waals surface area contributed by atoms with Crippen molar-refractivity contribution >= 4 is 5.97 Å². The van der Waals surface area contributed by atoms with Crippen molar-refractivity contribution in [3.8, 4) is 11.5 Å². The molecular weight excluding hydrogens is 322 g/mol. The molecule has 3 rings (SSSR count). The van der Waals surface area contributed by atoms with Crippen molar-refractivity contribution in [1.29, 1.82) is 0 Å². The van der Waals surface area contributed by atoms with E-state index in [4.69, 9.17) is 0 Å². The summed E-state index contributed by atoms with van der Waals surface area (Å²) >= 11 is 0. The summed E-state index contributed by atoms with van der Waals surface area (Å²) in [7, 11) is 0. The molecule has 2 heterocycles. The fourth-order valence-electron chi connectivity index (χ4n) is 2.35. The summed E-state index contributed by atoms with van der Waals surface area (Å²) in [6, 6.07) is 7.01. The molecule has 1 aromatic carbocycles. The number of alkyl halides is 2. The van der Waals surface area contributed by atoms with Gasteiger partial charge in [0.15, 0.2) is 11.5 Å². The molecule has 0 radical (unpaired) electrons. The van der Waals surface area contributed by atoms with Crippen LogP contribution < -0.4 is 14.8 Å². The number of aromatic nitrogens is 1. The van der Waals surface area contributed by atoms with E-state index in [1.54, 1.807) is 30.6 Å². The van der Waals surface area contributed by atoms with Gasteiger partial charge in [-0.15, -0.1) is 8.78 Å². The van der Waals surface area contributed by atoms with E-state index < -0.39 is 18.3 Å². The highest BCUT2D eigenvalue weighted by Gasteiger charge is 2.43. The lowest BCUT2D eigenvalue weighted by molar-refractivity contribution is -0.286. The lowest BCUT2D eigenvalue weighted by Gasteiger charge is -2.14. The summed E-state index contributed by atoms with van der Waals surface area (Å²) in [6.07, 6.45) is -0.209. The fourth-order valence-corrected chi connectivity index (χ4v) is 2.35. The number of pyridine rings is 1. The standard InChI is InChI=1S/C16H14F2N2O4/c17-16(18)23-13-4-3-11(7-14(13)24-16)9-20-12(15(21)22)6-10-2-1-5-19-8-10/h1-5,7-8,12,20H,6,9H2,(H,21,22). The van der Waals surface area contributed by atoms with Crippen molar-refractivity contribution in [3.05, 3.63) is 53.9 Å². The fraction of sp³-hybridized carbons (Fsp3) is 0.250. The number of benzene rings is 1. The van der Waals surface area contributed by atoms with Gasteiger partial charge in [-0.05, 0) is 35.7 Å². The molecule has 0 amide bonds. The normalized spacial score (nSPS) is 15.9. The number of carbonyl (C=O) groups is 1. The third kappa shape index (κ3) is 3.77. The van der Waals surface area contributed by atoms with Gasteiger partial charge in [-0.1, -0.05) is 12.1 Å². The van der Waals surface area contributed by atoms with Crippen LogP contribution in [-0.2, 0) is 17.8 Å². The molecule has 126 valence electrons. The minimum atomic E-state index is -3.67. The monoisotopic (exact) mass is 336 g/mol. The first-order valence-corrected chi connectivity index (χ1v) is 7.17. The van der Waals surface area contributed by atoms with Gasteiger partial charge in [0.2, 0.25) is 0 Å². The van der Waals surface area contributed by atoms with Crippen LogP contribution in [0.15, 0.2) is 42.7 Å². The van der Waals surface area contributed by atoms with E-state index in [1.165, 1.54) is 12.1 Å². The van der Waals surface area contributed by atoms with Crippen LogP contribution in [0.2, 0.25) is 0 Å². The zero-order chi connectivity index (χ0) is 17.2. The second kappa shape index (κ2) is 6.40. The Morgan fingerprint density at radius 1 is 1.25 bits per heavy atom. The molecule has 0 fully saturated rings.